The summed E-state index contributed by atoms with van der Waals surface area (Å²) in [5.74, 6) is -2.05. The Kier molecular flexibility index (Phi) is 5.84. The summed E-state index contributed by atoms with van der Waals surface area (Å²) in [5, 5.41) is 12.6. The molecule has 3 aliphatic heterocycles. The van der Waals surface area contributed by atoms with E-state index in [-0.39, 0.29) is 34.7 Å². The molecule has 154 valence electrons. The molecular weight excluding hydrogens is 392 g/mol. The summed E-state index contributed by atoms with van der Waals surface area (Å²) >= 11 is 1.36. The van der Waals surface area contributed by atoms with E-state index in [0.29, 0.717) is 17.9 Å². The van der Waals surface area contributed by atoms with E-state index in [9.17, 15) is 24.3 Å². The summed E-state index contributed by atoms with van der Waals surface area (Å²) in [6, 6.07) is -0.357. The number of amides is 2. The Balaban J connectivity index is 1.81. The van der Waals surface area contributed by atoms with Gasteiger partial charge in [-0.05, 0) is 6.92 Å². The SMILES string of the molecule is COC(=O)OCOC(=O)C1=C(S[C@@H]2CNC(=O)C2)[C@H](C)[C@@H]2[C@@H]([C@@H](C)O)C(=O)N12. The van der Waals surface area contributed by atoms with E-state index >= 15 is 0 Å². The van der Waals surface area contributed by atoms with E-state index in [2.05, 4.69) is 14.8 Å². The Morgan fingerprint density at radius 1 is 1.36 bits per heavy atom. The van der Waals surface area contributed by atoms with Crippen molar-refractivity contribution in [3.8, 4) is 0 Å². The summed E-state index contributed by atoms with van der Waals surface area (Å²) in [4.78, 5) is 49.7. The maximum Gasteiger partial charge on any atom is 0.510 e. The molecule has 11 heteroatoms. The van der Waals surface area contributed by atoms with Crippen molar-refractivity contribution in [2.45, 2.75) is 37.7 Å². The van der Waals surface area contributed by atoms with Gasteiger partial charge in [0.1, 0.15) is 5.70 Å². The molecule has 0 radical (unpaired) electrons. The highest BCUT2D eigenvalue weighted by Gasteiger charge is 2.60. The number of ether oxygens (including phenoxy) is 3. The van der Waals surface area contributed by atoms with Gasteiger partial charge in [-0.3, -0.25) is 9.59 Å². The molecule has 3 heterocycles. The monoisotopic (exact) mass is 414 g/mol. The number of aliphatic hydroxyl groups excluding tert-OH is 1. The van der Waals surface area contributed by atoms with Crippen molar-refractivity contribution in [2.24, 2.45) is 11.8 Å². The largest absolute Gasteiger partial charge is 0.510 e. The highest BCUT2D eigenvalue weighted by atomic mass is 32.2. The predicted molar refractivity (Wildman–Crippen MR) is 95.4 cm³/mol. The van der Waals surface area contributed by atoms with Gasteiger partial charge in [0.15, 0.2) is 0 Å². The van der Waals surface area contributed by atoms with Gasteiger partial charge < -0.3 is 29.5 Å². The van der Waals surface area contributed by atoms with Crippen LogP contribution in [0, 0.1) is 11.8 Å². The molecule has 10 nitrogen and oxygen atoms in total. The van der Waals surface area contributed by atoms with Crippen molar-refractivity contribution in [3.05, 3.63) is 10.6 Å². The number of aliphatic hydroxyl groups is 1. The third-order valence-electron chi connectivity index (χ3n) is 5.07. The second kappa shape index (κ2) is 8.00. The average molecular weight is 414 g/mol. The fourth-order valence-corrected chi connectivity index (χ4v) is 5.18. The predicted octanol–water partition coefficient (Wildman–Crippen LogP) is -0.0391. The average Bonchev–Trinajstić information content (AvgIpc) is 3.15. The molecule has 2 saturated heterocycles. The zero-order valence-corrected chi connectivity index (χ0v) is 16.5. The molecule has 0 unspecified atom stereocenters. The van der Waals surface area contributed by atoms with Crippen molar-refractivity contribution in [1.82, 2.24) is 10.2 Å². The molecule has 3 rings (SSSR count). The maximum absolute atomic E-state index is 12.7. The molecule has 28 heavy (non-hydrogen) atoms. The Labute approximate surface area is 165 Å². The third-order valence-corrected chi connectivity index (χ3v) is 6.55. The van der Waals surface area contributed by atoms with Crippen molar-refractivity contribution in [2.75, 3.05) is 20.4 Å². The number of fused-ring (bicyclic) bond motifs is 1. The molecule has 2 N–H and O–H groups in total. The summed E-state index contributed by atoms with van der Waals surface area (Å²) < 4.78 is 13.9. The van der Waals surface area contributed by atoms with Crippen molar-refractivity contribution < 1.29 is 38.5 Å². The molecule has 3 aliphatic rings. The molecule has 0 spiro atoms. The van der Waals surface area contributed by atoms with Crippen LogP contribution in [0.2, 0.25) is 0 Å². The number of nitrogens with zero attached hydrogens (tertiary/aromatic N) is 1. The molecule has 2 fully saturated rings. The lowest BCUT2D eigenvalue weighted by atomic mass is 9.79. The molecule has 0 aliphatic carbocycles. The number of carbonyl (C=O) groups is 4. The second-order valence-corrected chi connectivity index (χ2v) is 8.21. The van der Waals surface area contributed by atoms with Crippen LogP contribution >= 0.6 is 11.8 Å². The van der Waals surface area contributed by atoms with Gasteiger partial charge in [0.25, 0.3) is 0 Å². The van der Waals surface area contributed by atoms with Crippen LogP contribution in [-0.2, 0) is 28.6 Å². The zero-order chi connectivity index (χ0) is 20.6. The van der Waals surface area contributed by atoms with E-state index in [1.807, 2.05) is 6.92 Å². The van der Waals surface area contributed by atoms with Gasteiger partial charge in [-0.1, -0.05) is 6.92 Å². The smallest absolute Gasteiger partial charge is 0.438 e. The summed E-state index contributed by atoms with van der Waals surface area (Å²) in [6.07, 6.45) is -1.54. The Bertz CT molecular complexity index is 737. The molecule has 0 saturated carbocycles. The Hall–Kier alpha value is -2.27. The number of hydrogen-bond donors (Lipinski definition) is 2. The van der Waals surface area contributed by atoms with Crippen LogP contribution < -0.4 is 5.32 Å². The van der Waals surface area contributed by atoms with Crippen molar-refractivity contribution >= 4 is 35.7 Å². The van der Waals surface area contributed by atoms with Gasteiger partial charge in [0.2, 0.25) is 18.6 Å². The number of methoxy groups -OCH3 is 1. The number of β-lactam (4-membered cyclic amide) rings is 1. The number of rotatable bonds is 6. The van der Waals surface area contributed by atoms with Gasteiger partial charge in [-0.15, -0.1) is 11.8 Å². The first-order chi connectivity index (χ1) is 13.3. The first kappa shape index (κ1) is 20.5. The van der Waals surface area contributed by atoms with E-state index in [0.717, 1.165) is 7.11 Å². The molecule has 0 aromatic heterocycles. The quantitative estimate of drug-likeness (QED) is 0.349. The standard InChI is InChI=1S/C17H22N2O8S/c1-7-12-11(8(2)20)15(22)19(12)13(16(23)26-6-27-17(24)25-3)14(7)28-9-4-10(21)18-5-9/h7-9,11-12,20H,4-6H2,1-3H3,(H,18,21)/t7-,8-,9+,11-,12-/m1/s1. The molecule has 0 aromatic rings. The van der Waals surface area contributed by atoms with Crippen LogP contribution in [0.5, 0.6) is 0 Å². The molecular formula is C17H22N2O8S. The minimum Gasteiger partial charge on any atom is -0.438 e. The second-order valence-electron chi connectivity index (χ2n) is 6.86. The molecule has 0 bridgehead atoms. The minimum absolute atomic E-state index is 0.0689. The van der Waals surface area contributed by atoms with Crippen LogP contribution in [0.4, 0.5) is 4.79 Å². The number of esters is 1. The molecule has 5 atom stereocenters. The minimum atomic E-state index is -1.00. The van der Waals surface area contributed by atoms with Crippen LogP contribution in [-0.4, -0.2) is 71.8 Å². The van der Waals surface area contributed by atoms with Gasteiger partial charge in [0, 0.05) is 29.0 Å². The highest BCUT2D eigenvalue weighted by molar-refractivity contribution is 8.03. The lowest BCUT2D eigenvalue weighted by Gasteiger charge is -2.46. The van der Waals surface area contributed by atoms with Gasteiger partial charge >= 0.3 is 12.1 Å². The van der Waals surface area contributed by atoms with Crippen LogP contribution in [0.3, 0.4) is 0 Å². The number of thioether (sulfide) groups is 1. The van der Waals surface area contributed by atoms with Crippen LogP contribution in [0.25, 0.3) is 0 Å². The topological polar surface area (TPSA) is 131 Å². The third kappa shape index (κ3) is 3.55. The van der Waals surface area contributed by atoms with Crippen molar-refractivity contribution in [3.63, 3.8) is 0 Å². The zero-order valence-electron chi connectivity index (χ0n) is 15.7. The number of nitrogens with one attached hydrogen (secondary N) is 1. The van der Waals surface area contributed by atoms with Gasteiger partial charge in [-0.25, -0.2) is 9.59 Å². The van der Waals surface area contributed by atoms with E-state index in [4.69, 9.17) is 4.74 Å². The highest BCUT2D eigenvalue weighted by Crippen LogP contribution is 2.51. The summed E-state index contributed by atoms with van der Waals surface area (Å²) in [5.41, 5.74) is 0.0808. The maximum atomic E-state index is 12.7. The first-order valence-electron chi connectivity index (χ1n) is 8.82. The number of hydrogen-bond acceptors (Lipinski definition) is 9. The van der Waals surface area contributed by atoms with E-state index in [1.165, 1.54) is 16.7 Å². The van der Waals surface area contributed by atoms with Crippen LogP contribution in [0.15, 0.2) is 10.6 Å². The van der Waals surface area contributed by atoms with E-state index in [1.54, 1.807) is 6.92 Å². The fraction of sp³-hybridized carbons (Fsp3) is 0.647. The lowest BCUT2D eigenvalue weighted by molar-refractivity contribution is -0.166. The normalized spacial score (nSPS) is 29.8. The molecule has 0 aromatic carbocycles. The summed E-state index contributed by atoms with van der Waals surface area (Å²) in [7, 11) is 1.12. The summed E-state index contributed by atoms with van der Waals surface area (Å²) in [6.45, 7) is 3.22. The Morgan fingerprint density at radius 2 is 2.07 bits per heavy atom. The molecule has 2 amide bonds. The fourth-order valence-electron chi connectivity index (χ4n) is 3.77. The van der Waals surface area contributed by atoms with Crippen molar-refractivity contribution in [1.29, 1.82) is 0 Å². The Morgan fingerprint density at radius 3 is 2.64 bits per heavy atom. The van der Waals surface area contributed by atoms with Gasteiger partial charge in [-0.2, -0.15) is 0 Å². The number of carbonyl (C=O) groups excluding carboxylic acids is 4. The van der Waals surface area contributed by atoms with E-state index < -0.39 is 30.9 Å². The first-order valence-corrected chi connectivity index (χ1v) is 9.70. The van der Waals surface area contributed by atoms with Gasteiger partial charge in [0.05, 0.1) is 25.2 Å². The van der Waals surface area contributed by atoms with Crippen LogP contribution in [0.1, 0.15) is 20.3 Å². The lowest BCUT2D eigenvalue weighted by Crippen LogP contribution is -2.63.